The van der Waals surface area contributed by atoms with E-state index in [2.05, 4.69) is 0 Å². The van der Waals surface area contributed by atoms with E-state index in [0.717, 1.165) is 5.56 Å². The van der Waals surface area contributed by atoms with Gasteiger partial charge in [0.1, 0.15) is 0 Å². The smallest absolute Gasteiger partial charge is 0.420 e. The number of fused-ring (bicyclic) bond motifs is 1. The SMILES string of the molecule is CC(=O)c1ccc2c(c1)oc(=O)n2Cc1ccc(C(=O)O)cc1. The monoisotopic (exact) mass is 311 g/mol. The quantitative estimate of drug-likeness (QED) is 0.748. The summed E-state index contributed by atoms with van der Waals surface area (Å²) in [4.78, 5) is 34.2. The molecule has 1 heterocycles. The third-order valence-corrected chi connectivity index (χ3v) is 3.62. The number of aromatic carboxylic acids is 1. The van der Waals surface area contributed by atoms with Gasteiger partial charge in [0.25, 0.3) is 0 Å². The Morgan fingerprint density at radius 3 is 2.35 bits per heavy atom. The molecular weight excluding hydrogens is 298 g/mol. The second-order valence-corrected chi connectivity index (χ2v) is 5.19. The highest BCUT2D eigenvalue weighted by atomic mass is 16.4. The van der Waals surface area contributed by atoms with Crippen molar-refractivity contribution in [3.8, 4) is 0 Å². The van der Waals surface area contributed by atoms with Gasteiger partial charge in [-0.25, -0.2) is 9.59 Å². The molecule has 0 aliphatic heterocycles. The number of hydrogen-bond donors (Lipinski definition) is 1. The molecule has 0 atom stereocenters. The maximum Gasteiger partial charge on any atom is 0.420 e. The molecule has 0 saturated heterocycles. The first-order valence-electron chi connectivity index (χ1n) is 6.92. The predicted molar refractivity (Wildman–Crippen MR) is 83.0 cm³/mol. The second kappa shape index (κ2) is 5.57. The summed E-state index contributed by atoms with van der Waals surface area (Å²) in [6, 6.07) is 11.1. The molecule has 0 unspecified atom stereocenters. The Morgan fingerprint density at radius 2 is 1.74 bits per heavy atom. The van der Waals surface area contributed by atoms with Crippen LogP contribution in [0.4, 0.5) is 0 Å². The number of rotatable bonds is 4. The van der Waals surface area contributed by atoms with Crippen molar-refractivity contribution in [3.05, 3.63) is 69.7 Å². The summed E-state index contributed by atoms with van der Waals surface area (Å²) in [7, 11) is 0. The number of ketones is 1. The molecule has 0 radical (unpaired) electrons. The first-order chi connectivity index (χ1) is 11.0. The zero-order chi connectivity index (χ0) is 16.6. The third kappa shape index (κ3) is 2.78. The van der Waals surface area contributed by atoms with Crippen molar-refractivity contribution in [1.82, 2.24) is 4.57 Å². The average Bonchev–Trinajstić information content (AvgIpc) is 2.83. The summed E-state index contributed by atoms with van der Waals surface area (Å²) in [6.45, 7) is 1.70. The van der Waals surface area contributed by atoms with Crippen LogP contribution in [0.3, 0.4) is 0 Å². The van der Waals surface area contributed by atoms with E-state index in [-0.39, 0.29) is 17.9 Å². The minimum atomic E-state index is -1.00. The van der Waals surface area contributed by atoms with Crippen LogP contribution >= 0.6 is 0 Å². The lowest BCUT2D eigenvalue weighted by atomic mass is 10.1. The molecular formula is C17H13NO5. The number of benzene rings is 2. The van der Waals surface area contributed by atoms with E-state index in [1.54, 1.807) is 30.3 Å². The fourth-order valence-corrected chi connectivity index (χ4v) is 2.37. The van der Waals surface area contributed by atoms with Crippen LogP contribution in [0, 0.1) is 0 Å². The molecule has 23 heavy (non-hydrogen) atoms. The molecule has 0 amide bonds. The topological polar surface area (TPSA) is 89.5 Å². The van der Waals surface area contributed by atoms with E-state index >= 15 is 0 Å². The average molecular weight is 311 g/mol. The zero-order valence-electron chi connectivity index (χ0n) is 12.3. The summed E-state index contributed by atoms with van der Waals surface area (Å²) >= 11 is 0. The van der Waals surface area contributed by atoms with Crippen LogP contribution < -0.4 is 5.76 Å². The van der Waals surface area contributed by atoms with E-state index in [1.807, 2.05) is 0 Å². The molecule has 0 aliphatic rings. The maximum absolute atomic E-state index is 12.0. The van der Waals surface area contributed by atoms with Crippen LogP contribution in [0.2, 0.25) is 0 Å². The molecule has 1 aromatic heterocycles. The number of Topliss-reactive ketones (excluding diaryl/α,β-unsaturated/α-hetero) is 1. The summed E-state index contributed by atoms with van der Waals surface area (Å²) < 4.78 is 6.62. The van der Waals surface area contributed by atoms with Crippen molar-refractivity contribution in [3.63, 3.8) is 0 Å². The minimum absolute atomic E-state index is 0.105. The van der Waals surface area contributed by atoms with Crippen molar-refractivity contribution in [1.29, 1.82) is 0 Å². The van der Waals surface area contributed by atoms with Crippen molar-refractivity contribution >= 4 is 22.9 Å². The molecule has 0 saturated carbocycles. The highest BCUT2D eigenvalue weighted by Crippen LogP contribution is 2.17. The molecule has 0 aliphatic carbocycles. The largest absolute Gasteiger partial charge is 0.478 e. The minimum Gasteiger partial charge on any atom is -0.478 e. The van der Waals surface area contributed by atoms with E-state index in [1.165, 1.54) is 23.6 Å². The summed E-state index contributed by atoms with van der Waals surface area (Å²) in [5.41, 5.74) is 2.37. The lowest BCUT2D eigenvalue weighted by molar-refractivity contribution is 0.0696. The van der Waals surface area contributed by atoms with Gasteiger partial charge in [-0.2, -0.15) is 0 Å². The van der Waals surface area contributed by atoms with E-state index in [0.29, 0.717) is 16.7 Å². The van der Waals surface area contributed by atoms with Gasteiger partial charge in [0.05, 0.1) is 17.6 Å². The molecule has 0 fully saturated rings. The van der Waals surface area contributed by atoms with Gasteiger partial charge in [-0.05, 0) is 42.8 Å². The van der Waals surface area contributed by atoms with Gasteiger partial charge in [-0.15, -0.1) is 0 Å². The van der Waals surface area contributed by atoms with Gasteiger partial charge >= 0.3 is 11.7 Å². The summed E-state index contributed by atoms with van der Waals surface area (Å²) in [5, 5.41) is 8.89. The Balaban J connectivity index is 1.99. The van der Waals surface area contributed by atoms with Crippen molar-refractivity contribution < 1.29 is 19.1 Å². The van der Waals surface area contributed by atoms with E-state index in [9.17, 15) is 14.4 Å². The fraction of sp³-hybridized carbons (Fsp3) is 0.118. The number of carbonyl (C=O) groups is 2. The van der Waals surface area contributed by atoms with Crippen LogP contribution in [-0.4, -0.2) is 21.4 Å². The molecule has 6 nitrogen and oxygen atoms in total. The van der Waals surface area contributed by atoms with Gasteiger partial charge in [-0.1, -0.05) is 12.1 Å². The van der Waals surface area contributed by atoms with Gasteiger partial charge in [0.15, 0.2) is 11.4 Å². The highest BCUT2D eigenvalue weighted by Gasteiger charge is 2.12. The van der Waals surface area contributed by atoms with Crippen molar-refractivity contribution in [2.24, 2.45) is 0 Å². The Bertz CT molecular complexity index is 963. The number of hydrogen-bond acceptors (Lipinski definition) is 4. The molecule has 6 heteroatoms. The van der Waals surface area contributed by atoms with Gasteiger partial charge in [0.2, 0.25) is 0 Å². The number of carboxylic acids is 1. The Kier molecular flexibility index (Phi) is 3.57. The molecule has 2 aromatic carbocycles. The van der Waals surface area contributed by atoms with Gasteiger partial charge in [-0.3, -0.25) is 9.36 Å². The Hall–Kier alpha value is -3.15. The summed E-state index contributed by atoms with van der Waals surface area (Å²) in [6.07, 6.45) is 0. The lowest BCUT2D eigenvalue weighted by Gasteiger charge is -2.04. The first kappa shape index (κ1) is 14.8. The summed E-state index contributed by atoms with van der Waals surface area (Å²) in [5.74, 6) is -1.63. The number of aromatic nitrogens is 1. The predicted octanol–water partition coefficient (Wildman–Crippen LogP) is 2.54. The number of oxazole rings is 1. The lowest BCUT2D eigenvalue weighted by Crippen LogP contribution is -2.14. The molecule has 3 aromatic rings. The normalized spacial score (nSPS) is 10.8. The van der Waals surface area contributed by atoms with E-state index in [4.69, 9.17) is 9.52 Å². The van der Waals surface area contributed by atoms with E-state index < -0.39 is 11.7 Å². The number of nitrogens with zero attached hydrogens (tertiary/aromatic N) is 1. The first-order valence-corrected chi connectivity index (χ1v) is 6.92. The van der Waals surface area contributed by atoms with Crippen LogP contribution in [0.25, 0.3) is 11.1 Å². The highest BCUT2D eigenvalue weighted by molar-refractivity contribution is 5.96. The van der Waals surface area contributed by atoms with Gasteiger partial charge < -0.3 is 9.52 Å². The zero-order valence-corrected chi connectivity index (χ0v) is 12.3. The van der Waals surface area contributed by atoms with Crippen LogP contribution in [0.5, 0.6) is 0 Å². The molecule has 0 spiro atoms. The Labute approximate surface area is 130 Å². The van der Waals surface area contributed by atoms with Crippen LogP contribution in [0.15, 0.2) is 51.7 Å². The van der Waals surface area contributed by atoms with Crippen molar-refractivity contribution in [2.45, 2.75) is 13.5 Å². The third-order valence-electron chi connectivity index (χ3n) is 3.62. The fourth-order valence-electron chi connectivity index (χ4n) is 2.37. The number of carbonyl (C=O) groups excluding carboxylic acids is 1. The second-order valence-electron chi connectivity index (χ2n) is 5.19. The molecule has 116 valence electrons. The Morgan fingerprint density at radius 1 is 1.09 bits per heavy atom. The van der Waals surface area contributed by atoms with Crippen LogP contribution in [0.1, 0.15) is 33.2 Å². The van der Waals surface area contributed by atoms with Crippen molar-refractivity contribution in [2.75, 3.05) is 0 Å². The molecule has 0 bridgehead atoms. The molecule has 1 N–H and O–H groups in total. The standard InChI is InChI=1S/C17H13NO5/c1-10(19)13-6-7-14-15(8-13)23-17(22)18(14)9-11-2-4-12(5-3-11)16(20)21/h2-8H,9H2,1H3,(H,20,21). The number of carboxylic acid groups (broad SMARTS) is 1. The van der Waals surface area contributed by atoms with Gasteiger partial charge in [0, 0.05) is 5.56 Å². The molecule has 3 rings (SSSR count). The van der Waals surface area contributed by atoms with Crippen LogP contribution in [-0.2, 0) is 6.54 Å². The maximum atomic E-state index is 12.0.